The number of carbonyl (C=O) groups is 3. The van der Waals surface area contributed by atoms with E-state index in [1.54, 1.807) is 0 Å². The molecule has 0 radical (unpaired) electrons. The zero-order valence-electron chi connectivity index (χ0n) is 38.8. The van der Waals surface area contributed by atoms with Gasteiger partial charge in [0.25, 0.3) is 0 Å². The van der Waals surface area contributed by atoms with Gasteiger partial charge in [-0.2, -0.15) is 0 Å². The second-order valence-electron chi connectivity index (χ2n) is 17.7. The molecule has 0 fully saturated rings. The summed E-state index contributed by atoms with van der Waals surface area (Å²) in [6, 6.07) is 0. The first-order valence-corrected chi connectivity index (χ1v) is 25.4. The summed E-state index contributed by atoms with van der Waals surface area (Å²) in [5.41, 5.74) is 0. The molecule has 0 aliphatic carbocycles. The molecule has 6 heteroatoms. The van der Waals surface area contributed by atoms with Crippen molar-refractivity contribution in [2.24, 2.45) is 5.92 Å². The molecule has 0 heterocycles. The molecule has 0 saturated heterocycles. The first-order valence-electron chi connectivity index (χ1n) is 25.4. The third-order valence-corrected chi connectivity index (χ3v) is 11.9. The van der Waals surface area contributed by atoms with Crippen LogP contribution >= 0.6 is 0 Å². The van der Waals surface area contributed by atoms with E-state index in [4.69, 9.17) is 14.2 Å². The Kier molecular flexibility index (Phi) is 44.2. The molecule has 57 heavy (non-hydrogen) atoms. The first-order chi connectivity index (χ1) is 27.9. The summed E-state index contributed by atoms with van der Waals surface area (Å²) in [5.74, 6) is -0.0394. The van der Waals surface area contributed by atoms with Crippen molar-refractivity contribution in [1.82, 2.24) is 0 Å². The van der Waals surface area contributed by atoms with E-state index in [-0.39, 0.29) is 31.1 Å². The molecule has 0 aliphatic rings. The lowest BCUT2D eigenvalue weighted by Crippen LogP contribution is -2.30. The van der Waals surface area contributed by atoms with Gasteiger partial charge < -0.3 is 14.2 Å². The summed E-state index contributed by atoms with van der Waals surface area (Å²) in [7, 11) is 0. The molecule has 1 unspecified atom stereocenters. The van der Waals surface area contributed by atoms with Crippen LogP contribution in [-0.2, 0) is 28.6 Å². The number of hydrogen-bond acceptors (Lipinski definition) is 6. The summed E-state index contributed by atoms with van der Waals surface area (Å²) < 4.78 is 16.8. The second-order valence-corrected chi connectivity index (χ2v) is 17.7. The first kappa shape index (κ1) is 55.4. The van der Waals surface area contributed by atoms with Gasteiger partial charge in [-0.15, -0.1) is 0 Å². The standard InChI is InChI=1S/C51H98O6/c1-5-8-10-12-14-16-18-20-21-22-24-26-28-30-35-39-43-50(53)56-46-48(57-51(54)44-40-36-32-31-33-37-41-47(4)7-3)45-55-49(52)42-38-34-29-27-25-23-19-17-15-13-11-9-6-2/h47-48H,5-46H2,1-4H3/t47?,48-/m0/s1. The second kappa shape index (κ2) is 45.5. The van der Waals surface area contributed by atoms with Crippen LogP contribution in [0.25, 0.3) is 0 Å². The summed E-state index contributed by atoms with van der Waals surface area (Å²) >= 11 is 0. The number of unbranched alkanes of at least 4 members (excludes halogenated alkanes) is 32. The monoisotopic (exact) mass is 807 g/mol. The van der Waals surface area contributed by atoms with E-state index in [1.807, 2.05) is 0 Å². The minimum atomic E-state index is -0.761. The fraction of sp³-hybridized carbons (Fsp3) is 0.941. The predicted molar refractivity (Wildman–Crippen MR) is 243 cm³/mol. The van der Waals surface area contributed by atoms with Crippen molar-refractivity contribution < 1.29 is 28.6 Å². The van der Waals surface area contributed by atoms with Gasteiger partial charge >= 0.3 is 17.9 Å². The summed E-state index contributed by atoms with van der Waals surface area (Å²) in [4.78, 5) is 37.9. The van der Waals surface area contributed by atoms with Crippen molar-refractivity contribution in [3.05, 3.63) is 0 Å². The third kappa shape index (κ3) is 43.8. The molecular formula is C51H98O6. The van der Waals surface area contributed by atoms with E-state index in [2.05, 4.69) is 27.7 Å². The number of rotatable bonds is 46. The molecule has 0 spiro atoms. The van der Waals surface area contributed by atoms with Crippen molar-refractivity contribution in [2.45, 2.75) is 291 Å². The van der Waals surface area contributed by atoms with Crippen LogP contribution in [0.1, 0.15) is 285 Å². The highest BCUT2D eigenvalue weighted by Gasteiger charge is 2.19. The quantitative estimate of drug-likeness (QED) is 0.0346. The predicted octanol–water partition coefficient (Wildman–Crippen LogP) is 16.3. The SMILES string of the molecule is CCCCCCCCCCCCCCCCCCC(=O)OC[C@H](COC(=O)CCCCCCCCCCCCCCC)OC(=O)CCCCCCCCC(C)CC. The third-order valence-electron chi connectivity index (χ3n) is 11.9. The molecule has 2 atom stereocenters. The van der Waals surface area contributed by atoms with Crippen LogP contribution in [0.15, 0.2) is 0 Å². The van der Waals surface area contributed by atoms with Gasteiger partial charge in [0.1, 0.15) is 13.2 Å². The Morgan fingerprint density at radius 3 is 0.912 bits per heavy atom. The summed E-state index contributed by atoms with van der Waals surface area (Å²) in [6.45, 7) is 8.99. The highest BCUT2D eigenvalue weighted by Crippen LogP contribution is 2.17. The van der Waals surface area contributed by atoms with Gasteiger partial charge in [-0.1, -0.05) is 246 Å². The van der Waals surface area contributed by atoms with E-state index in [9.17, 15) is 14.4 Å². The normalized spacial score (nSPS) is 12.4. The fourth-order valence-corrected chi connectivity index (χ4v) is 7.66. The Bertz CT molecular complexity index is 859. The van der Waals surface area contributed by atoms with E-state index in [0.29, 0.717) is 19.3 Å². The molecule has 0 N–H and O–H groups in total. The van der Waals surface area contributed by atoms with Crippen LogP contribution in [0.4, 0.5) is 0 Å². The minimum absolute atomic E-state index is 0.0639. The zero-order valence-corrected chi connectivity index (χ0v) is 38.8. The van der Waals surface area contributed by atoms with Gasteiger partial charge in [-0.3, -0.25) is 14.4 Å². The van der Waals surface area contributed by atoms with E-state index in [0.717, 1.165) is 63.7 Å². The van der Waals surface area contributed by atoms with Crippen LogP contribution in [0, 0.1) is 5.92 Å². The summed E-state index contributed by atoms with van der Waals surface area (Å²) in [5, 5.41) is 0. The lowest BCUT2D eigenvalue weighted by Gasteiger charge is -2.18. The lowest BCUT2D eigenvalue weighted by atomic mass is 10.00. The molecule has 0 rings (SSSR count). The number of carbonyl (C=O) groups excluding carboxylic acids is 3. The Morgan fingerprint density at radius 2 is 0.614 bits per heavy atom. The van der Waals surface area contributed by atoms with Crippen molar-refractivity contribution in [3.63, 3.8) is 0 Å². The molecule has 0 aromatic heterocycles. The minimum Gasteiger partial charge on any atom is -0.462 e. The largest absolute Gasteiger partial charge is 0.462 e. The summed E-state index contributed by atoms with van der Waals surface area (Å²) in [6.07, 6.45) is 46.6. The van der Waals surface area contributed by atoms with Crippen molar-refractivity contribution in [3.8, 4) is 0 Å². The zero-order chi connectivity index (χ0) is 41.7. The van der Waals surface area contributed by atoms with Gasteiger partial charge in [0, 0.05) is 19.3 Å². The van der Waals surface area contributed by atoms with Crippen molar-refractivity contribution in [2.75, 3.05) is 13.2 Å². The average molecular weight is 807 g/mol. The van der Waals surface area contributed by atoms with Crippen LogP contribution in [0.2, 0.25) is 0 Å². The maximum absolute atomic E-state index is 12.7. The van der Waals surface area contributed by atoms with Gasteiger partial charge in [0.05, 0.1) is 0 Å². The highest BCUT2D eigenvalue weighted by molar-refractivity contribution is 5.71. The number of esters is 3. The van der Waals surface area contributed by atoms with Crippen molar-refractivity contribution in [1.29, 1.82) is 0 Å². The number of ether oxygens (including phenoxy) is 3. The molecule has 0 amide bonds. The van der Waals surface area contributed by atoms with Crippen LogP contribution in [0.3, 0.4) is 0 Å². The average Bonchev–Trinajstić information content (AvgIpc) is 3.21. The lowest BCUT2D eigenvalue weighted by molar-refractivity contribution is -0.167. The molecule has 338 valence electrons. The van der Waals surface area contributed by atoms with Crippen LogP contribution < -0.4 is 0 Å². The smallest absolute Gasteiger partial charge is 0.306 e. The number of hydrogen-bond donors (Lipinski definition) is 0. The highest BCUT2D eigenvalue weighted by atomic mass is 16.6. The van der Waals surface area contributed by atoms with E-state index in [1.165, 1.54) is 180 Å². The van der Waals surface area contributed by atoms with E-state index >= 15 is 0 Å². The maximum atomic E-state index is 12.7. The molecule has 6 nitrogen and oxygen atoms in total. The molecule has 0 bridgehead atoms. The molecule has 0 aliphatic heterocycles. The molecule has 0 aromatic carbocycles. The van der Waals surface area contributed by atoms with Crippen LogP contribution in [0.5, 0.6) is 0 Å². The maximum Gasteiger partial charge on any atom is 0.306 e. The van der Waals surface area contributed by atoms with Gasteiger partial charge in [-0.25, -0.2) is 0 Å². The molecular weight excluding hydrogens is 709 g/mol. The van der Waals surface area contributed by atoms with Gasteiger partial charge in [0.15, 0.2) is 6.10 Å². The van der Waals surface area contributed by atoms with Gasteiger partial charge in [0.2, 0.25) is 0 Å². The fourth-order valence-electron chi connectivity index (χ4n) is 7.66. The Balaban J connectivity index is 4.27. The Hall–Kier alpha value is -1.59. The van der Waals surface area contributed by atoms with Crippen molar-refractivity contribution >= 4 is 17.9 Å². The Morgan fingerprint density at radius 1 is 0.351 bits per heavy atom. The van der Waals surface area contributed by atoms with Crippen LogP contribution in [-0.4, -0.2) is 37.2 Å². The van der Waals surface area contributed by atoms with E-state index < -0.39 is 6.10 Å². The molecule has 0 saturated carbocycles. The van der Waals surface area contributed by atoms with Gasteiger partial charge in [-0.05, 0) is 25.2 Å². The Labute approximate surface area is 355 Å². The topological polar surface area (TPSA) is 78.9 Å². The molecule has 0 aromatic rings.